The Morgan fingerprint density at radius 1 is 0.950 bits per heavy atom. The van der Waals surface area contributed by atoms with Gasteiger partial charge in [-0.05, 0) is 36.6 Å². The molecule has 0 unspecified atom stereocenters. The van der Waals surface area contributed by atoms with Crippen molar-refractivity contribution in [3.63, 3.8) is 0 Å². The van der Waals surface area contributed by atoms with Crippen LogP contribution in [0, 0.1) is 0 Å². The fourth-order valence-electron chi connectivity index (χ4n) is 1.88. The van der Waals surface area contributed by atoms with Crippen molar-refractivity contribution in [1.82, 2.24) is 5.32 Å². The molecule has 1 N–H and O–H groups in total. The predicted octanol–water partition coefficient (Wildman–Crippen LogP) is 4.15. The smallest absolute Gasteiger partial charge is 0.119 e. The van der Waals surface area contributed by atoms with E-state index in [4.69, 9.17) is 4.74 Å². The summed E-state index contributed by atoms with van der Waals surface area (Å²) in [5, 5.41) is 3.49. The summed E-state index contributed by atoms with van der Waals surface area (Å²) >= 11 is 0. The van der Waals surface area contributed by atoms with Gasteiger partial charge in [0, 0.05) is 12.6 Å². The van der Waals surface area contributed by atoms with Crippen molar-refractivity contribution in [3.05, 3.63) is 65.7 Å². The molecule has 2 rings (SSSR count). The van der Waals surface area contributed by atoms with Gasteiger partial charge in [0.25, 0.3) is 0 Å². The number of ether oxygens (including phenoxy) is 1. The molecule has 0 aromatic heterocycles. The number of hydrogen-bond acceptors (Lipinski definition) is 2. The SMILES string of the molecule is CC[C@@H](C)NCc1ccc(OCc2ccccc2)cc1. The van der Waals surface area contributed by atoms with Crippen LogP contribution < -0.4 is 10.1 Å². The first-order valence-corrected chi connectivity index (χ1v) is 7.27. The Kier molecular flexibility index (Phi) is 5.63. The molecular weight excluding hydrogens is 246 g/mol. The molecule has 0 radical (unpaired) electrons. The van der Waals surface area contributed by atoms with E-state index >= 15 is 0 Å². The van der Waals surface area contributed by atoms with Gasteiger partial charge < -0.3 is 10.1 Å². The van der Waals surface area contributed by atoms with Gasteiger partial charge in [0.1, 0.15) is 12.4 Å². The van der Waals surface area contributed by atoms with E-state index in [1.807, 2.05) is 30.3 Å². The molecule has 1 atom stereocenters. The zero-order chi connectivity index (χ0) is 14.2. The molecule has 0 aliphatic rings. The molecule has 106 valence electrons. The van der Waals surface area contributed by atoms with E-state index in [2.05, 4.69) is 43.4 Å². The highest BCUT2D eigenvalue weighted by Crippen LogP contribution is 2.14. The van der Waals surface area contributed by atoms with Crippen LogP contribution in [-0.4, -0.2) is 6.04 Å². The Labute approximate surface area is 121 Å². The zero-order valence-corrected chi connectivity index (χ0v) is 12.3. The van der Waals surface area contributed by atoms with E-state index in [9.17, 15) is 0 Å². The fourth-order valence-corrected chi connectivity index (χ4v) is 1.88. The van der Waals surface area contributed by atoms with Gasteiger partial charge in [0.05, 0.1) is 0 Å². The number of nitrogens with one attached hydrogen (secondary N) is 1. The van der Waals surface area contributed by atoms with Crippen molar-refractivity contribution in [2.45, 2.75) is 39.5 Å². The first-order valence-electron chi connectivity index (χ1n) is 7.27. The quantitative estimate of drug-likeness (QED) is 0.815. The van der Waals surface area contributed by atoms with E-state index in [1.54, 1.807) is 0 Å². The van der Waals surface area contributed by atoms with Crippen molar-refractivity contribution in [2.75, 3.05) is 0 Å². The fraction of sp³-hybridized carbons (Fsp3) is 0.333. The Morgan fingerprint density at radius 2 is 1.65 bits per heavy atom. The van der Waals surface area contributed by atoms with E-state index in [1.165, 1.54) is 11.1 Å². The molecule has 0 aliphatic heterocycles. The van der Waals surface area contributed by atoms with Crippen LogP contribution in [0.4, 0.5) is 0 Å². The van der Waals surface area contributed by atoms with Crippen LogP contribution in [0.5, 0.6) is 5.75 Å². The van der Waals surface area contributed by atoms with Gasteiger partial charge in [-0.15, -0.1) is 0 Å². The predicted molar refractivity (Wildman–Crippen MR) is 83.8 cm³/mol. The van der Waals surface area contributed by atoms with Crippen molar-refractivity contribution >= 4 is 0 Å². The van der Waals surface area contributed by atoms with Gasteiger partial charge in [-0.3, -0.25) is 0 Å². The molecule has 20 heavy (non-hydrogen) atoms. The van der Waals surface area contributed by atoms with Crippen LogP contribution in [-0.2, 0) is 13.2 Å². The molecule has 0 bridgehead atoms. The maximum absolute atomic E-state index is 5.77. The molecule has 0 aliphatic carbocycles. The minimum absolute atomic E-state index is 0.559. The molecule has 0 heterocycles. The summed E-state index contributed by atoms with van der Waals surface area (Å²) in [5.41, 5.74) is 2.48. The van der Waals surface area contributed by atoms with Gasteiger partial charge >= 0.3 is 0 Å². The normalized spacial score (nSPS) is 12.1. The summed E-state index contributed by atoms with van der Waals surface area (Å²) in [6.07, 6.45) is 1.15. The molecule has 0 spiro atoms. The Balaban J connectivity index is 1.82. The Morgan fingerprint density at radius 3 is 2.30 bits per heavy atom. The minimum atomic E-state index is 0.559. The number of rotatable bonds is 7. The molecule has 0 fully saturated rings. The first-order chi connectivity index (χ1) is 9.78. The van der Waals surface area contributed by atoms with Crippen LogP contribution in [0.1, 0.15) is 31.4 Å². The molecule has 2 heteroatoms. The van der Waals surface area contributed by atoms with Gasteiger partial charge in [-0.25, -0.2) is 0 Å². The van der Waals surface area contributed by atoms with Crippen molar-refractivity contribution < 1.29 is 4.74 Å². The summed E-state index contributed by atoms with van der Waals surface area (Å²) in [5.74, 6) is 0.918. The van der Waals surface area contributed by atoms with E-state index in [0.29, 0.717) is 12.6 Å². The lowest BCUT2D eigenvalue weighted by molar-refractivity contribution is 0.306. The molecule has 0 saturated carbocycles. The summed E-state index contributed by atoms with van der Waals surface area (Å²) in [7, 11) is 0. The lowest BCUT2D eigenvalue weighted by atomic mass is 10.2. The van der Waals surface area contributed by atoms with Crippen molar-refractivity contribution in [1.29, 1.82) is 0 Å². The highest BCUT2D eigenvalue weighted by Gasteiger charge is 1.99. The first kappa shape index (κ1) is 14.6. The third-order valence-corrected chi connectivity index (χ3v) is 3.44. The molecule has 2 aromatic carbocycles. The average molecular weight is 269 g/mol. The van der Waals surface area contributed by atoms with Crippen LogP contribution in [0.15, 0.2) is 54.6 Å². The van der Waals surface area contributed by atoms with E-state index < -0.39 is 0 Å². The maximum Gasteiger partial charge on any atom is 0.119 e. The molecule has 0 saturated heterocycles. The van der Waals surface area contributed by atoms with E-state index in [0.717, 1.165) is 18.7 Å². The second-order valence-electron chi connectivity index (χ2n) is 5.11. The average Bonchev–Trinajstić information content (AvgIpc) is 2.52. The molecule has 0 amide bonds. The second-order valence-corrected chi connectivity index (χ2v) is 5.11. The summed E-state index contributed by atoms with van der Waals surface area (Å²) in [6.45, 7) is 5.93. The van der Waals surface area contributed by atoms with Crippen molar-refractivity contribution in [2.24, 2.45) is 0 Å². The number of benzene rings is 2. The molecular formula is C18H23NO. The highest BCUT2D eigenvalue weighted by atomic mass is 16.5. The van der Waals surface area contributed by atoms with Crippen LogP contribution in [0.2, 0.25) is 0 Å². The van der Waals surface area contributed by atoms with Gasteiger partial charge in [0.15, 0.2) is 0 Å². The minimum Gasteiger partial charge on any atom is -0.489 e. The standard InChI is InChI=1S/C18H23NO/c1-3-15(2)19-13-16-9-11-18(12-10-16)20-14-17-7-5-4-6-8-17/h4-12,15,19H,3,13-14H2,1-2H3/t15-/m1/s1. The molecule has 2 nitrogen and oxygen atoms in total. The van der Waals surface area contributed by atoms with Gasteiger partial charge in [-0.1, -0.05) is 49.4 Å². The second kappa shape index (κ2) is 7.71. The summed E-state index contributed by atoms with van der Waals surface area (Å²) < 4.78 is 5.77. The largest absolute Gasteiger partial charge is 0.489 e. The number of hydrogen-bond donors (Lipinski definition) is 1. The Bertz CT molecular complexity index is 493. The molecule has 2 aromatic rings. The topological polar surface area (TPSA) is 21.3 Å². The van der Waals surface area contributed by atoms with Crippen LogP contribution in [0.3, 0.4) is 0 Å². The van der Waals surface area contributed by atoms with Crippen LogP contribution >= 0.6 is 0 Å². The maximum atomic E-state index is 5.77. The van der Waals surface area contributed by atoms with Gasteiger partial charge in [0.2, 0.25) is 0 Å². The summed E-state index contributed by atoms with van der Waals surface area (Å²) in [6, 6.07) is 19.1. The summed E-state index contributed by atoms with van der Waals surface area (Å²) in [4.78, 5) is 0. The van der Waals surface area contributed by atoms with Crippen LogP contribution in [0.25, 0.3) is 0 Å². The highest BCUT2D eigenvalue weighted by molar-refractivity contribution is 5.27. The Hall–Kier alpha value is -1.80. The third kappa shape index (κ3) is 4.71. The zero-order valence-electron chi connectivity index (χ0n) is 12.3. The van der Waals surface area contributed by atoms with E-state index in [-0.39, 0.29) is 0 Å². The third-order valence-electron chi connectivity index (χ3n) is 3.44. The van der Waals surface area contributed by atoms with Gasteiger partial charge in [-0.2, -0.15) is 0 Å². The lowest BCUT2D eigenvalue weighted by Gasteiger charge is -2.12. The van der Waals surface area contributed by atoms with Crippen molar-refractivity contribution in [3.8, 4) is 5.75 Å². The monoisotopic (exact) mass is 269 g/mol. The lowest BCUT2D eigenvalue weighted by Crippen LogP contribution is -2.24.